The van der Waals surface area contributed by atoms with Crippen molar-refractivity contribution in [1.82, 2.24) is 0 Å². The summed E-state index contributed by atoms with van der Waals surface area (Å²) in [6.45, 7) is 0. The average Bonchev–Trinajstić information content (AvgIpc) is 3.30. The van der Waals surface area contributed by atoms with Gasteiger partial charge in [-0.25, -0.2) is 0 Å². The van der Waals surface area contributed by atoms with E-state index >= 15 is 0 Å². The summed E-state index contributed by atoms with van der Waals surface area (Å²) in [6.07, 6.45) is 5.31. The number of hydrogen-bond donors (Lipinski definition) is 0. The van der Waals surface area contributed by atoms with Gasteiger partial charge in [-0.05, 0) is 38.5 Å². The van der Waals surface area contributed by atoms with Crippen LogP contribution in [0.25, 0.3) is 0 Å². The molecule has 6 rings (SSSR count). The minimum atomic E-state index is -0.602. The average molecular weight is 364 g/mol. The van der Waals surface area contributed by atoms with Crippen LogP contribution in [-0.4, -0.2) is 48.3 Å². The lowest BCUT2D eigenvalue weighted by atomic mass is 9.80. The van der Waals surface area contributed by atoms with Gasteiger partial charge in [-0.3, -0.25) is 19.2 Å². The van der Waals surface area contributed by atoms with E-state index in [1.807, 2.05) is 0 Å². The topological polar surface area (TPSA) is 105 Å². The Morgan fingerprint density at radius 1 is 0.500 bits per heavy atom. The SMILES string of the molecule is O=C1O[C@H]2CCC[C@H]3OC(=O)C1C23.O=C1O[C@H]2CCC[C@H]3OC(=O)C1C23. The summed E-state index contributed by atoms with van der Waals surface area (Å²) in [4.78, 5) is 45.1. The Balaban J connectivity index is 0.000000115. The van der Waals surface area contributed by atoms with Gasteiger partial charge < -0.3 is 18.9 Å². The standard InChI is InChI=1S/2C9H10O4/c2*10-8-7-6-4(12-8)2-1-3-5(6)13-9(7)11/h2*4-7H,1-3H2/t2*4-,5+,6?,7?. The summed E-state index contributed by atoms with van der Waals surface area (Å²) in [5, 5.41) is 0. The van der Waals surface area contributed by atoms with Crippen molar-refractivity contribution in [3.8, 4) is 0 Å². The molecule has 0 amide bonds. The molecule has 8 nitrogen and oxygen atoms in total. The predicted octanol–water partition coefficient (Wildman–Crippen LogP) is 0.507. The van der Waals surface area contributed by atoms with Gasteiger partial charge in [-0.2, -0.15) is 0 Å². The molecule has 0 radical (unpaired) electrons. The van der Waals surface area contributed by atoms with E-state index in [0.29, 0.717) is 0 Å². The smallest absolute Gasteiger partial charge is 0.321 e. The Hall–Kier alpha value is -2.12. The van der Waals surface area contributed by atoms with Gasteiger partial charge in [0.05, 0.1) is 11.8 Å². The molecular formula is C18H20O8. The lowest BCUT2D eigenvalue weighted by Gasteiger charge is -2.26. The number of rotatable bonds is 0. The van der Waals surface area contributed by atoms with Gasteiger partial charge in [-0.15, -0.1) is 0 Å². The van der Waals surface area contributed by atoms with E-state index in [4.69, 9.17) is 18.9 Å². The molecular weight excluding hydrogens is 344 g/mol. The highest BCUT2D eigenvalue weighted by Crippen LogP contribution is 2.46. The normalized spacial score (nSPS) is 47.1. The third-order valence-corrected chi connectivity index (χ3v) is 6.53. The van der Waals surface area contributed by atoms with Crippen LogP contribution < -0.4 is 0 Å². The van der Waals surface area contributed by atoms with Gasteiger partial charge in [0.15, 0.2) is 11.8 Å². The zero-order valence-electron chi connectivity index (χ0n) is 14.1. The van der Waals surface area contributed by atoms with Crippen LogP contribution in [0.5, 0.6) is 0 Å². The van der Waals surface area contributed by atoms with Gasteiger partial charge in [0.25, 0.3) is 0 Å². The lowest BCUT2D eigenvalue weighted by molar-refractivity contribution is -0.159. The molecule has 0 aromatic carbocycles. The van der Waals surface area contributed by atoms with E-state index in [1.165, 1.54) is 0 Å². The number of carbonyl (C=O) groups excluding carboxylic acids is 4. The number of hydrogen-bond acceptors (Lipinski definition) is 8. The van der Waals surface area contributed by atoms with Gasteiger partial charge in [0.2, 0.25) is 0 Å². The van der Waals surface area contributed by atoms with Crippen molar-refractivity contribution < 1.29 is 38.1 Å². The van der Waals surface area contributed by atoms with Crippen LogP contribution >= 0.6 is 0 Å². The molecule has 4 heterocycles. The maximum Gasteiger partial charge on any atom is 0.321 e. The van der Waals surface area contributed by atoms with Crippen molar-refractivity contribution in [1.29, 1.82) is 0 Å². The van der Waals surface area contributed by atoms with E-state index < -0.39 is 11.8 Å². The molecule has 4 aliphatic heterocycles. The molecule has 6 fully saturated rings. The Kier molecular flexibility index (Phi) is 3.52. The first-order chi connectivity index (χ1) is 12.5. The first kappa shape index (κ1) is 16.1. The van der Waals surface area contributed by atoms with Crippen LogP contribution in [0.3, 0.4) is 0 Å². The lowest BCUT2D eigenvalue weighted by Crippen LogP contribution is -2.32. The van der Waals surface area contributed by atoms with Crippen LogP contribution in [0.2, 0.25) is 0 Å². The van der Waals surface area contributed by atoms with Crippen LogP contribution in [0, 0.1) is 23.7 Å². The Morgan fingerprint density at radius 2 is 0.769 bits per heavy atom. The maximum absolute atomic E-state index is 11.3. The van der Waals surface area contributed by atoms with Crippen molar-refractivity contribution in [3.63, 3.8) is 0 Å². The molecule has 8 heteroatoms. The first-order valence-electron chi connectivity index (χ1n) is 9.36. The second-order valence-corrected chi connectivity index (χ2v) is 7.87. The van der Waals surface area contributed by atoms with E-state index in [-0.39, 0.29) is 60.1 Å². The summed E-state index contributed by atoms with van der Waals surface area (Å²) in [7, 11) is 0. The number of esters is 4. The molecule has 2 saturated carbocycles. The van der Waals surface area contributed by atoms with Gasteiger partial charge in [0, 0.05) is 0 Å². The summed E-state index contributed by atoms with van der Waals surface area (Å²) in [6, 6.07) is 0. The second kappa shape index (κ2) is 5.69. The van der Waals surface area contributed by atoms with Crippen molar-refractivity contribution in [2.75, 3.05) is 0 Å². The first-order valence-corrected chi connectivity index (χ1v) is 9.36. The summed E-state index contributed by atoms with van der Waals surface area (Å²) in [5.41, 5.74) is 0. The minimum Gasteiger partial charge on any atom is -0.461 e. The molecule has 2 aliphatic carbocycles. The molecule has 0 aromatic rings. The van der Waals surface area contributed by atoms with Gasteiger partial charge in [0.1, 0.15) is 24.4 Å². The summed E-state index contributed by atoms with van der Waals surface area (Å²) >= 11 is 0. The highest BCUT2D eigenvalue weighted by atomic mass is 16.6. The predicted molar refractivity (Wildman–Crippen MR) is 81.2 cm³/mol. The zero-order valence-corrected chi connectivity index (χ0v) is 14.1. The number of ether oxygens (including phenoxy) is 4. The highest BCUT2D eigenvalue weighted by Gasteiger charge is 2.61. The highest BCUT2D eigenvalue weighted by molar-refractivity contribution is 5.99. The summed E-state index contributed by atoms with van der Waals surface area (Å²) in [5.74, 6) is -2.64. The zero-order chi connectivity index (χ0) is 18.0. The Labute approximate surface area is 149 Å². The van der Waals surface area contributed by atoms with E-state index in [0.717, 1.165) is 38.5 Å². The van der Waals surface area contributed by atoms with E-state index in [9.17, 15) is 19.2 Å². The van der Waals surface area contributed by atoms with Crippen molar-refractivity contribution >= 4 is 23.9 Å². The molecule has 6 aliphatic rings. The van der Waals surface area contributed by atoms with Crippen molar-refractivity contribution in [3.05, 3.63) is 0 Å². The molecule has 4 unspecified atom stereocenters. The van der Waals surface area contributed by atoms with Crippen LogP contribution in [0.1, 0.15) is 38.5 Å². The Morgan fingerprint density at radius 3 is 1.04 bits per heavy atom. The fraction of sp³-hybridized carbons (Fsp3) is 0.778. The fourth-order valence-electron chi connectivity index (χ4n) is 5.41. The van der Waals surface area contributed by atoms with Crippen LogP contribution in [0.4, 0.5) is 0 Å². The van der Waals surface area contributed by atoms with Crippen LogP contribution in [-0.2, 0) is 38.1 Å². The molecule has 4 saturated heterocycles. The van der Waals surface area contributed by atoms with Gasteiger partial charge >= 0.3 is 23.9 Å². The number of carbonyl (C=O) groups is 4. The third-order valence-electron chi connectivity index (χ3n) is 6.53. The largest absolute Gasteiger partial charge is 0.461 e. The van der Waals surface area contributed by atoms with Crippen molar-refractivity contribution in [2.24, 2.45) is 23.7 Å². The second-order valence-electron chi connectivity index (χ2n) is 7.87. The Bertz CT molecular complexity index is 577. The molecule has 26 heavy (non-hydrogen) atoms. The molecule has 8 atom stereocenters. The maximum atomic E-state index is 11.3. The van der Waals surface area contributed by atoms with E-state index in [1.54, 1.807) is 0 Å². The fourth-order valence-corrected chi connectivity index (χ4v) is 5.41. The third kappa shape index (κ3) is 2.20. The molecule has 0 bridgehead atoms. The molecule has 0 aromatic heterocycles. The summed E-state index contributed by atoms with van der Waals surface area (Å²) < 4.78 is 20.5. The molecule has 0 N–H and O–H groups in total. The van der Waals surface area contributed by atoms with Crippen molar-refractivity contribution in [2.45, 2.75) is 62.9 Å². The van der Waals surface area contributed by atoms with Gasteiger partial charge in [-0.1, -0.05) is 0 Å². The monoisotopic (exact) mass is 364 g/mol. The molecule has 0 spiro atoms. The van der Waals surface area contributed by atoms with Crippen LogP contribution in [0.15, 0.2) is 0 Å². The quantitative estimate of drug-likeness (QED) is 0.348. The molecule has 140 valence electrons. The van der Waals surface area contributed by atoms with E-state index in [2.05, 4.69) is 0 Å². The minimum absolute atomic E-state index is 0.0220.